The molecule has 0 aromatic heterocycles. The monoisotopic (exact) mass is 704 g/mol. The van der Waals surface area contributed by atoms with Gasteiger partial charge < -0.3 is 15.0 Å². The number of benzene rings is 3. The van der Waals surface area contributed by atoms with Crippen molar-refractivity contribution in [3.05, 3.63) is 99.0 Å². The molecular formula is C38H46Cl2N6O3. The molecule has 2 fully saturated rings. The minimum atomic E-state index is -1.42. The van der Waals surface area contributed by atoms with E-state index in [2.05, 4.69) is 26.9 Å². The second-order valence-corrected chi connectivity index (χ2v) is 15.2. The minimum absolute atomic E-state index is 0.0405. The summed E-state index contributed by atoms with van der Waals surface area (Å²) in [5, 5.41) is 21.7. The second kappa shape index (κ2) is 14.7. The maximum atomic E-state index is 15.1. The highest BCUT2D eigenvalue weighted by molar-refractivity contribution is 6.30. The molecule has 0 spiro atoms. The largest absolute Gasteiger partial charge is 0.493 e. The number of hydrogen-bond acceptors (Lipinski definition) is 7. The average Bonchev–Trinajstić information content (AvgIpc) is 3.46. The van der Waals surface area contributed by atoms with E-state index in [1.165, 1.54) is 0 Å². The normalized spacial score (nSPS) is 21.7. The average molecular weight is 706 g/mol. The van der Waals surface area contributed by atoms with E-state index < -0.39 is 11.1 Å². The van der Waals surface area contributed by atoms with E-state index in [9.17, 15) is 10.1 Å². The van der Waals surface area contributed by atoms with Gasteiger partial charge in [-0.05, 0) is 88.6 Å². The Hall–Kier alpha value is -3.65. The first kappa shape index (κ1) is 36.6. The lowest BCUT2D eigenvalue weighted by Crippen LogP contribution is -2.62. The van der Waals surface area contributed by atoms with Crippen molar-refractivity contribution in [1.82, 2.24) is 25.8 Å². The Morgan fingerprint density at radius 3 is 1.90 bits per heavy atom. The van der Waals surface area contributed by atoms with Crippen LogP contribution >= 0.6 is 23.2 Å². The molecule has 3 atom stereocenters. The molecule has 49 heavy (non-hydrogen) atoms. The molecule has 260 valence electrons. The molecule has 0 saturated carbocycles. The first-order chi connectivity index (χ1) is 23.2. The van der Waals surface area contributed by atoms with E-state index in [4.69, 9.17) is 27.9 Å². The van der Waals surface area contributed by atoms with Crippen molar-refractivity contribution in [2.75, 3.05) is 39.3 Å². The van der Waals surface area contributed by atoms with E-state index >= 15 is 4.79 Å². The van der Waals surface area contributed by atoms with Crippen molar-refractivity contribution in [1.29, 1.82) is 5.26 Å². The summed E-state index contributed by atoms with van der Waals surface area (Å²) in [7, 11) is 0. The molecule has 3 aromatic carbocycles. The third kappa shape index (κ3) is 8.22. The van der Waals surface area contributed by atoms with E-state index in [0.717, 1.165) is 16.7 Å². The predicted molar refractivity (Wildman–Crippen MR) is 194 cm³/mol. The highest BCUT2D eigenvalue weighted by Gasteiger charge is 2.54. The highest BCUT2D eigenvalue weighted by Crippen LogP contribution is 2.45. The zero-order chi connectivity index (χ0) is 35.6. The van der Waals surface area contributed by atoms with E-state index in [1.54, 1.807) is 0 Å². The zero-order valence-corrected chi connectivity index (χ0v) is 30.6. The van der Waals surface area contributed by atoms with Gasteiger partial charge in [-0.15, -0.1) is 0 Å². The quantitative estimate of drug-likeness (QED) is 0.248. The molecule has 2 heterocycles. The molecule has 1 unspecified atom stereocenters. The van der Waals surface area contributed by atoms with E-state index in [-0.39, 0.29) is 36.0 Å². The van der Waals surface area contributed by atoms with Crippen LogP contribution in [0.2, 0.25) is 10.0 Å². The Kier molecular flexibility index (Phi) is 11.0. The molecule has 5 rings (SSSR count). The second-order valence-electron chi connectivity index (χ2n) is 14.3. The van der Waals surface area contributed by atoms with E-state index in [0.29, 0.717) is 54.1 Å². The third-order valence-corrected chi connectivity index (χ3v) is 9.59. The summed E-state index contributed by atoms with van der Waals surface area (Å²) in [6.07, 6.45) is 0. The Labute approximate surface area is 299 Å². The lowest BCUT2D eigenvalue weighted by molar-refractivity contribution is -0.141. The van der Waals surface area contributed by atoms with Gasteiger partial charge in [-0.25, -0.2) is 0 Å². The van der Waals surface area contributed by atoms with Gasteiger partial charge in [0.1, 0.15) is 5.75 Å². The highest BCUT2D eigenvalue weighted by atomic mass is 35.5. The van der Waals surface area contributed by atoms with Crippen LogP contribution in [0.5, 0.6) is 5.75 Å². The molecule has 9 nitrogen and oxygen atoms in total. The molecule has 2 aliphatic rings. The Morgan fingerprint density at radius 2 is 1.43 bits per heavy atom. The van der Waals surface area contributed by atoms with Gasteiger partial charge in [-0.3, -0.25) is 25.1 Å². The maximum absolute atomic E-state index is 15.1. The smallest absolute Gasteiger partial charge is 0.262 e. The number of nitrogens with zero attached hydrogens (tertiary/aromatic N) is 3. The SMILES string of the molecule is CCOc1cc(C(C)(C)C#N)ccc1C1(C(=O)N2CCN(CC(=O)NC(C)(C)C)CC2)N[C@H](c2ccc(Cl)cc2)[C@H](c2ccc(Cl)cc2)N1. The van der Waals surface area contributed by atoms with Gasteiger partial charge in [0.2, 0.25) is 5.91 Å². The topological polar surface area (TPSA) is 110 Å². The zero-order valence-electron chi connectivity index (χ0n) is 29.1. The first-order valence-corrected chi connectivity index (χ1v) is 17.5. The van der Waals surface area contributed by atoms with Crippen LogP contribution in [0.3, 0.4) is 0 Å². The molecule has 2 saturated heterocycles. The van der Waals surface area contributed by atoms with Crippen molar-refractivity contribution in [2.24, 2.45) is 0 Å². The van der Waals surface area contributed by atoms with E-state index in [1.807, 2.05) is 113 Å². The van der Waals surface area contributed by atoms with Gasteiger partial charge in [0.05, 0.1) is 36.7 Å². The number of halogens is 2. The van der Waals surface area contributed by atoms with Crippen molar-refractivity contribution in [3.8, 4) is 11.8 Å². The predicted octanol–water partition coefficient (Wildman–Crippen LogP) is 6.08. The molecule has 0 bridgehead atoms. The van der Waals surface area contributed by atoms with Crippen LogP contribution in [0.25, 0.3) is 0 Å². The standard InChI is InChI=1S/C38H46Cl2N6O3/c1-7-49-31-22-27(37(5,6)24-41)12-17-30(31)38(35(48)46-20-18-45(19-21-46)23-32(47)42-36(2,3)4)43-33(25-8-13-28(39)14-9-25)34(44-38)26-10-15-29(40)16-11-26/h8-17,22,33-34,43-44H,7,18-21,23H2,1-6H3,(H,42,47)/t33-,34+,38?. The van der Waals surface area contributed by atoms with Crippen LogP contribution < -0.4 is 20.7 Å². The number of nitrogens with one attached hydrogen (secondary N) is 3. The molecule has 0 radical (unpaired) electrons. The number of ether oxygens (including phenoxy) is 1. The van der Waals surface area contributed by atoms with Crippen molar-refractivity contribution in [2.45, 2.75) is 70.2 Å². The summed E-state index contributed by atoms with van der Waals surface area (Å²) in [6.45, 7) is 14.1. The fraction of sp³-hybridized carbons (Fsp3) is 0.447. The van der Waals surface area contributed by atoms with Gasteiger partial charge in [-0.1, -0.05) is 59.6 Å². The lowest BCUT2D eigenvalue weighted by atomic mass is 9.84. The summed E-state index contributed by atoms with van der Waals surface area (Å²) < 4.78 is 6.26. The summed E-state index contributed by atoms with van der Waals surface area (Å²) >= 11 is 12.6. The van der Waals surface area contributed by atoms with Crippen molar-refractivity contribution >= 4 is 35.0 Å². The number of hydrogen-bond donors (Lipinski definition) is 3. The molecule has 3 aromatic rings. The molecular weight excluding hydrogens is 659 g/mol. The molecule has 2 amide bonds. The van der Waals surface area contributed by atoms with Gasteiger partial charge in [0.15, 0.2) is 5.66 Å². The number of amides is 2. The summed E-state index contributed by atoms with van der Waals surface area (Å²) in [6, 6.07) is 22.6. The first-order valence-electron chi connectivity index (χ1n) is 16.7. The molecule has 0 aliphatic carbocycles. The fourth-order valence-electron chi connectivity index (χ4n) is 6.53. The molecule has 11 heteroatoms. The lowest BCUT2D eigenvalue weighted by Gasteiger charge is -2.41. The van der Waals surface area contributed by atoms with Gasteiger partial charge >= 0.3 is 0 Å². The van der Waals surface area contributed by atoms with Crippen LogP contribution in [0.15, 0.2) is 66.7 Å². The van der Waals surface area contributed by atoms with Crippen molar-refractivity contribution in [3.63, 3.8) is 0 Å². The summed E-state index contributed by atoms with van der Waals surface area (Å²) in [5.41, 5.74) is 0.792. The summed E-state index contributed by atoms with van der Waals surface area (Å²) in [4.78, 5) is 31.8. The third-order valence-electron chi connectivity index (χ3n) is 9.08. The fourth-order valence-corrected chi connectivity index (χ4v) is 6.78. The van der Waals surface area contributed by atoms with Crippen molar-refractivity contribution < 1.29 is 14.3 Å². The minimum Gasteiger partial charge on any atom is -0.493 e. The Balaban J connectivity index is 1.58. The molecule has 2 aliphatic heterocycles. The van der Waals surface area contributed by atoms with Crippen LogP contribution in [0.4, 0.5) is 0 Å². The Bertz CT molecular complexity index is 1640. The number of carbonyl (C=O) groups excluding carboxylic acids is 2. The van der Waals surface area contributed by atoms with Crippen LogP contribution in [-0.2, 0) is 20.7 Å². The number of nitriles is 1. The number of piperazine rings is 1. The number of carbonyl (C=O) groups is 2. The maximum Gasteiger partial charge on any atom is 0.262 e. The number of rotatable bonds is 9. The van der Waals surface area contributed by atoms with Gasteiger partial charge in [0, 0.05) is 47.3 Å². The Morgan fingerprint density at radius 1 is 0.898 bits per heavy atom. The molecule has 3 N–H and O–H groups in total. The van der Waals surface area contributed by atoms with Gasteiger partial charge in [-0.2, -0.15) is 5.26 Å². The van der Waals surface area contributed by atoms with Crippen LogP contribution in [0, 0.1) is 11.3 Å². The van der Waals surface area contributed by atoms with Gasteiger partial charge in [0.25, 0.3) is 5.91 Å². The summed E-state index contributed by atoms with van der Waals surface area (Å²) in [5.74, 6) is 0.317. The van der Waals surface area contributed by atoms with Crippen LogP contribution in [0.1, 0.15) is 75.9 Å². The van der Waals surface area contributed by atoms with Crippen LogP contribution in [-0.4, -0.2) is 66.5 Å².